The highest BCUT2D eigenvalue weighted by Gasteiger charge is 2.51. The van der Waals surface area contributed by atoms with E-state index in [0.717, 1.165) is 18.5 Å². The lowest BCUT2D eigenvalue weighted by Gasteiger charge is -2.37. The number of likely N-dealkylation sites (tertiary alicyclic amines) is 1. The molecule has 146 valence electrons. The van der Waals surface area contributed by atoms with Gasteiger partial charge in [-0.3, -0.25) is 9.78 Å². The maximum absolute atomic E-state index is 13.1. The number of hydrogen-bond acceptors (Lipinski definition) is 4. The molecule has 3 heterocycles. The zero-order chi connectivity index (χ0) is 19.4. The van der Waals surface area contributed by atoms with E-state index >= 15 is 0 Å². The van der Waals surface area contributed by atoms with Crippen molar-refractivity contribution in [2.75, 3.05) is 36.9 Å². The van der Waals surface area contributed by atoms with E-state index in [9.17, 15) is 9.59 Å². The second kappa shape index (κ2) is 7.98. The van der Waals surface area contributed by atoms with Crippen molar-refractivity contribution in [3.05, 3.63) is 54.9 Å². The molecule has 0 aliphatic carbocycles. The first-order valence-corrected chi connectivity index (χ1v) is 9.56. The number of urea groups is 1. The molecule has 0 unspecified atom stereocenters. The number of carbonyl (C=O) groups excluding carboxylic acids is 2. The van der Waals surface area contributed by atoms with Gasteiger partial charge in [0.15, 0.2) is 0 Å². The molecule has 3 amide bonds. The molecule has 0 bridgehead atoms. The minimum atomic E-state index is -0.280. The van der Waals surface area contributed by atoms with Gasteiger partial charge in [0, 0.05) is 43.6 Å². The van der Waals surface area contributed by atoms with Crippen LogP contribution in [0.5, 0.6) is 0 Å². The molecule has 28 heavy (non-hydrogen) atoms. The second-order valence-corrected chi connectivity index (χ2v) is 7.43. The number of pyridine rings is 1. The number of amides is 3. The van der Waals surface area contributed by atoms with Gasteiger partial charge in [-0.15, -0.1) is 0 Å². The molecule has 2 aliphatic rings. The van der Waals surface area contributed by atoms with Gasteiger partial charge in [0.05, 0.1) is 17.8 Å². The number of nitrogens with one attached hydrogen (secondary N) is 2. The topological polar surface area (TPSA) is 83.6 Å². The Morgan fingerprint density at radius 2 is 1.79 bits per heavy atom. The van der Waals surface area contributed by atoms with Crippen LogP contribution in [0.1, 0.15) is 12.8 Å². The molecular formula is C21H24N4O3. The van der Waals surface area contributed by atoms with Crippen LogP contribution in [-0.2, 0) is 9.53 Å². The normalized spacial score (nSPS) is 20.7. The Kier molecular flexibility index (Phi) is 5.25. The fourth-order valence-electron chi connectivity index (χ4n) is 4.16. The number of anilines is 2. The average Bonchev–Trinajstić information content (AvgIpc) is 3.09. The summed E-state index contributed by atoms with van der Waals surface area (Å²) in [6, 6.07) is 12.8. The highest BCUT2D eigenvalue weighted by Crippen LogP contribution is 2.44. The van der Waals surface area contributed by atoms with E-state index in [-0.39, 0.29) is 23.3 Å². The van der Waals surface area contributed by atoms with E-state index in [2.05, 4.69) is 15.6 Å². The summed E-state index contributed by atoms with van der Waals surface area (Å²) in [5, 5.41) is 5.89. The molecule has 2 fully saturated rings. The zero-order valence-electron chi connectivity index (χ0n) is 15.6. The van der Waals surface area contributed by atoms with Crippen LogP contribution in [-0.4, -0.2) is 48.1 Å². The Morgan fingerprint density at radius 1 is 1.04 bits per heavy atom. The highest BCUT2D eigenvalue weighted by molar-refractivity contribution is 5.95. The van der Waals surface area contributed by atoms with Crippen LogP contribution in [0, 0.1) is 11.3 Å². The Morgan fingerprint density at radius 3 is 2.50 bits per heavy atom. The summed E-state index contributed by atoms with van der Waals surface area (Å²) < 4.78 is 5.53. The van der Waals surface area contributed by atoms with Gasteiger partial charge in [0.2, 0.25) is 5.91 Å². The van der Waals surface area contributed by atoms with Gasteiger partial charge in [-0.25, -0.2) is 4.79 Å². The van der Waals surface area contributed by atoms with Crippen LogP contribution in [0.15, 0.2) is 54.9 Å². The van der Waals surface area contributed by atoms with Gasteiger partial charge in [-0.1, -0.05) is 18.2 Å². The van der Waals surface area contributed by atoms with Crippen molar-refractivity contribution < 1.29 is 14.3 Å². The molecule has 4 rings (SSSR count). The number of nitrogens with zero attached hydrogens (tertiary/aromatic N) is 2. The lowest BCUT2D eigenvalue weighted by Crippen LogP contribution is -2.42. The van der Waals surface area contributed by atoms with E-state index in [1.807, 2.05) is 36.4 Å². The van der Waals surface area contributed by atoms with Crippen LogP contribution in [0.3, 0.4) is 0 Å². The first-order valence-electron chi connectivity index (χ1n) is 9.56. The molecule has 1 atom stereocenters. The molecule has 2 aliphatic heterocycles. The Hall–Kier alpha value is -2.93. The Labute approximate surface area is 164 Å². The molecule has 7 heteroatoms. The van der Waals surface area contributed by atoms with Crippen LogP contribution in [0.25, 0.3) is 0 Å². The summed E-state index contributed by atoms with van der Waals surface area (Å²) in [5.74, 6) is -0.344. The SMILES string of the molecule is O=C(Nc1cccnc1)[C@H]1CN(C(=O)Nc2ccccc2)CC12CCOCC2. The number of rotatable bonds is 3. The monoisotopic (exact) mass is 380 g/mol. The third-order valence-corrected chi connectivity index (χ3v) is 5.69. The maximum Gasteiger partial charge on any atom is 0.321 e. The molecule has 7 nitrogen and oxygen atoms in total. The number of para-hydroxylation sites is 1. The minimum absolute atomic E-state index is 0.0649. The highest BCUT2D eigenvalue weighted by atomic mass is 16.5. The van der Waals surface area contributed by atoms with Crippen molar-refractivity contribution in [3.8, 4) is 0 Å². The van der Waals surface area contributed by atoms with Gasteiger partial charge in [-0.2, -0.15) is 0 Å². The third kappa shape index (κ3) is 3.84. The van der Waals surface area contributed by atoms with Crippen LogP contribution in [0.2, 0.25) is 0 Å². The van der Waals surface area contributed by atoms with Crippen molar-refractivity contribution in [2.45, 2.75) is 12.8 Å². The van der Waals surface area contributed by atoms with E-state index in [1.165, 1.54) is 0 Å². The molecule has 2 aromatic rings. The number of aromatic nitrogens is 1. The van der Waals surface area contributed by atoms with Crippen molar-refractivity contribution in [3.63, 3.8) is 0 Å². The van der Waals surface area contributed by atoms with E-state index in [0.29, 0.717) is 32.0 Å². The molecule has 0 radical (unpaired) electrons. The van der Waals surface area contributed by atoms with Crippen LogP contribution >= 0.6 is 0 Å². The molecule has 1 spiro atoms. The number of ether oxygens (including phenoxy) is 1. The van der Waals surface area contributed by atoms with Crippen molar-refractivity contribution >= 4 is 23.3 Å². The van der Waals surface area contributed by atoms with Gasteiger partial charge in [0.1, 0.15) is 0 Å². The summed E-state index contributed by atoms with van der Waals surface area (Å²) in [4.78, 5) is 31.7. The summed E-state index contributed by atoms with van der Waals surface area (Å²) in [6.07, 6.45) is 4.84. The number of hydrogen-bond donors (Lipinski definition) is 2. The predicted octanol–water partition coefficient (Wildman–Crippen LogP) is 2.98. The molecular weight excluding hydrogens is 356 g/mol. The fourth-order valence-corrected chi connectivity index (χ4v) is 4.16. The van der Waals surface area contributed by atoms with E-state index in [1.54, 1.807) is 23.4 Å². The van der Waals surface area contributed by atoms with Gasteiger partial charge < -0.3 is 20.3 Å². The molecule has 2 N–H and O–H groups in total. The van der Waals surface area contributed by atoms with Gasteiger partial charge in [0.25, 0.3) is 0 Å². The molecule has 2 saturated heterocycles. The molecule has 0 saturated carbocycles. The molecule has 1 aromatic heterocycles. The van der Waals surface area contributed by atoms with Gasteiger partial charge in [-0.05, 0) is 37.1 Å². The summed E-state index contributed by atoms with van der Waals surface area (Å²) >= 11 is 0. The van der Waals surface area contributed by atoms with Crippen molar-refractivity contribution in [2.24, 2.45) is 11.3 Å². The summed E-state index contributed by atoms with van der Waals surface area (Å²) in [6.45, 7) is 2.18. The minimum Gasteiger partial charge on any atom is -0.381 e. The fraction of sp³-hybridized carbons (Fsp3) is 0.381. The Bertz CT molecular complexity index is 822. The summed E-state index contributed by atoms with van der Waals surface area (Å²) in [7, 11) is 0. The Balaban J connectivity index is 1.50. The van der Waals surface area contributed by atoms with Crippen LogP contribution < -0.4 is 10.6 Å². The van der Waals surface area contributed by atoms with Crippen LogP contribution in [0.4, 0.5) is 16.2 Å². The lowest BCUT2D eigenvalue weighted by atomic mass is 9.71. The van der Waals surface area contributed by atoms with Crippen molar-refractivity contribution in [1.29, 1.82) is 0 Å². The lowest BCUT2D eigenvalue weighted by molar-refractivity contribution is -0.124. The largest absolute Gasteiger partial charge is 0.381 e. The third-order valence-electron chi connectivity index (χ3n) is 5.69. The number of benzene rings is 1. The first-order chi connectivity index (χ1) is 13.7. The molecule has 1 aromatic carbocycles. The predicted molar refractivity (Wildman–Crippen MR) is 106 cm³/mol. The maximum atomic E-state index is 13.1. The average molecular weight is 380 g/mol. The quantitative estimate of drug-likeness (QED) is 0.857. The first kappa shape index (κ1) is 18.4. The van der Waals surface area contributed by atoms with E-state index < -0.39 is 0 Å². The van der Waals surface area contributed by atoms with Gasteiger partial charge >= 0.3 is 6.03 Å². The van der Waals surface area contributed by atoms with E-state index in [4.69, 9.17) is 4.74 Å². The second-order valence-electron chi connectivity index (χ2n) is 7.43. The van der Waals surface area contributed by atoms with Crippen molar-refractivity contribution in [1.82, 2.24) is 9.88 Å². The zero-order valence-corrected chi connectivity index (χ0v) is 15.6. The standard InChI is InChI=1S/C21H24N4O3/c26-19(23-17-7-4-10-22-13-17)18-14-25(15-21(18)8-11-28-12-9-21)20(27)24-16-5-2-1-3-6-16/h1-7,10,13,18H,8-9,11-12,14-15H2,(H,23,26)(H,24,27)/t18-/m1/s1. The summed E-state index contributed by atoms with van der Waals surface area (Å²) in [5.41, 5.74) is 1.16. The smallest absolute Gasteiger partial charge is 0.321 e. The number of carbonyl (C=O) groups is 2.